The highest BCUT2D eigenvalue weighted by molar-refractivity contribution is 7.26. The summed E-state index contributed by atoms with van der Waals surface area (Å²) in [7, 11) is 0. The molecule has 15 rings (SSSR count). The van der Waals surface area contributed by atoms with Gasteiger partial charge in [0.2, 0.25) is 0 Å². The number of hydrogen-bond acceptors (Lipinski definition) is 3. The highest BCUT2D eigenvalue weighted by atomic mass is 32.1. The number of aromatic nitrogens is 1. The third-order valence-corrected chi connectivity index (χ3v) is 16.8. The lowest BCUT2D eigenvalue weighted by molar-refractivity contribution is 0.660. The summed E-state index contributed by atoms with van der Waals surface area (Å²) in [4.78, 5) is 2.48. The van der Waals surface area contributed by atoms with E-state index in [2.05, 4.69) is 260 Å². The van der Waals surface area contributed by atoms with E-state index in [4.69, 9.17) is 4.42 Å². The molecule has 0 radical (unpaired) electrons. The number of hydrogen-bond donors (Lipinski definition) is 0. The van der Waals surface area contributed by atoms with E-state index in [1.54, 1.807) is 0 Å². The lowest BCUT2D eigenvalue weighted by Crippen LogP contribution is -2.16. The lowest BCUT2D eigenvalue weighted by Gasteiger charge is -2.29. The Bertz CT molecular complexity index is 4520. The fourth-order valence-electron chi connectivity index (χ4n) is 12.1. The van der Waals surface area contributed by atoms with Crippen molar-refractivity contribution in [3.63, 3.8) is 0 Å². The molecule has 14 aromatic rings. The standard InChI is InChI=1S/C69H46N2OS/c1-69(2)59-26-12-9-21-51(59)52-37-35-48(41-60(52)69)70(49-36-38-54-53-22-10-13-29-63(53)72-64(54)42-49)61-27-16-28-62-66(61)58-40-46(43-17-5-3-6-18-43)39-57(44-19-7-4-8-20-44)67(58)71(62)47-33-31-45(32-34-47)50-24-15-25-56-55-23-11-14-30-65(55)73-68(50)56/h3-42H,1-2H3. The monoisotopic (exact) mass is 950 g/mol. The molecule has 0 bridgehead atoms. The molecule has 3 nitrogen and oxygen atoms in total. The minimum absolute atomic E-state index is 0.192. The van der Waals surface area contributed by atoms with E-state index in [0.717, 1.165) is 61.3 Å². The van der Waals surface area contributed by atoms with Crippen molar-refractivity contribution in [1.29, 1.82) is 0 Å². The van der Waals surface area contributed by atoms with Crippen LogP contribution in [0.5, 0.6) is 0 Å². The molecule has 0 unspecified atom stereocenters. The Labute approximate surface area is 427 Å². The maximum absolute atomic E-state index is 6.66. The Kier molecular flexibility index (Phi) is 9.17. The molecule has 4 heteroatoms. The van der Waals surface area contributed by atoms with Gasteiger partial charge >= 0.3 is 0 Å². The van der Waals surface area contributed by atoms with Gasteiger partial charge in [0, 0.05) is 75.8 Å². The van der Waals surface area contributed by atoms with Gasteiger partial charge in [0.25, 0.3) is 0 Å². The summed E-state index contributed by atoms with van der Waals surface area (Å²) in [5.74, 6) is 0. The van der Waals surface area contributed by atoms with Crippen LogP contribution in [0.4, 0.5) is 17.1 Å². The first-order chi connectivity index (χ1) is 36.0. The number of para-hydroxylation sites is 1. The largest absolute Gasteiger partial charge is 0.456 e. The van der Waals surface area contributed by atoms with Crippen LogP contribution in [-0.4, -0.2) is 4.57 Å². The van der Waals surface area contributed by atoms with Crippen LogP contribution in [-0.2, 0) is 5.41 Å². The molecule has 3 aromatic heterocycles. The molecule has 0 atom stereocenters. The SMILES string of the molecule is CC1(C)c2ccccc2-c2ccc(N(c3ccc4c(c3)oc3ccccc34)c3cccc4c3c3cc(-c5ccccc5)cc(-c5ccccc5)c3n4-c3ccc(-c4cccc5c4sc4ccccc45)cc3)cc21. The van der Waals surface area contributed by atoms with E-state index in [0.29, 0.717) is 0 Å². The third kappa shape index (κ3) is 6.37. The molecular weight excluding hydrogens is 905 g/mol. The fraction of sp³-hybridized carbons (Fsp3) is 0.0435. The number of rotatable bonds is 7. The number of furan rings is 1. The van der Waals surface area contributed by atoms with E-state index in [9.17, 15) is 0 Å². The normalized spacial score (nSPS) is 12.9. The minimum atomic E-state index is -0.192. The Morgan fingerprint density at radius 2 is 1.05 bits per heavy atom. The van der Waals surface area contributed by atoms with Crippen LogP contribution in [0.25, 0.3) is 114 Å². The van der Waals surface area contributed by atoms with Gasteiger partial charge in [0.05, 0.1) is 16.7 Å². The van der Waals surface area contributed by atoms with Gasteiger partial charge in [-0.2, -0.15) is 0 Å². The molecule has 0 N–H and O–H groups in total. The molecule has 0 spiro atoms. The molecule has 1 aliphatic carbocycles. The summed E-state index contributed by atoms with van der Waals surface area (Å²) in [6.45, 7) is 4.73. The molecule has 0 saturated carbocycles. The summed E-state index contributed by atoms with van der Waals surface area (Å²) >= 11 is 1.88. The first-order valence-corrected chi connectivity index (χ1v) is 26.0. The van der Waals surface area contributed by atoms with E-state index in [1.807, 2.05) is 17.4 Å². The van der Waals surface area contributed by atoms with Crippen molar-refractivity contribution < 1.29 is 4.42 Å². The maximum Gasteiger partial charge on any atom is 0.137 e. The highest BCUT2D eigenvalue weighted by Crippen LogP contribution is 2.53. The van der Waals surface area contributed by atoms with Crippen LogP contribution in [0.3, 0.4) is 0 Å². The van der Waals surface area contributed by atoms with Crippen molar-refractivity contribution in [2.75, 3.05) is 4.90 Å². The van der Waals surface area contributed by atoms with Gasteiger partial charge in [0.15, 0.2) is 0 Å². The van der Waals surface area contributed by atoms with Gasteiger partial charge in [0.1, 0.15) is 11.2 Å². The molecular formula is C69H46N2OS. The molecule has 3 heterocycles. The molecule has 344 valence electrons. The van der Waals surface area contributed by atoms with Gasteiger partial charge in [-0.05, 0) is 123 Å². The van der Waals surface area contributed by atoms with Crippen molar-refractivity contribution in [3.05, 3.63) is 254 Å². The van der Waals surface area contributed by atoms with Crippen LogP contribution in [0.15, 0.2) is 247 Å². The molecule has 0 amide bonds. The Hall–Kier alpha value is -8.96. The quantitative estimate of drug-likeness (QED) is 0.159. The number of anilines is 3. The van der Waals surface area contributed by atoms with E-state index in [-0.39, 0.29) is 5.41 Å². The summed E-state index contributed by atoms with van der Waals surface area (Å²) in [5.41, 5.74) is 20.5. The lowest BCUT2D eigenvalue weighted by atomic mass is 9.82. The molecule has 0 saturated heterocycles. The van der Waals surface area contributed by atoms with E-state index >= 15 is 0 Å². The molecule has 73 heavy (non-hydrogen) atoms. The summed E-state index contributed by atoms with van der Waals surface area (Å²) < 4.78 is 11.8. The zero-order valence-electron chi connectivity index (χ0n) is 40.3. The Morgan fingerprint density at radius 1 is 0.411 bits per heavy atom. The average Bonchev–Trinajstić information content (AvgIpc) is 4.18. The molecule has 0 aliphatic heterocycles. The second-order valence-electron chi connectivity index (χ2n) is 20.0. The molecule has 1 aliphatic rings. The van der Waals surface area contributed by atoms with Crippen LogP contribution >= 0.6 is 11.3 Å². The second kappa shape index (κ2) is 16.0. The average molecular weight is 951 g/mol. The second-order valence-corrected chi connectivity index (χ2v) is 21.1. The van der Waals surface area contributed by atoms with Gasteiger partial charge in [-0.25, -0.2) is 0 Å². The van der Waals surface area contributed by atoms with Crippen molar-refractivity contribution >= 4 is 92.3 Å². The van der Waals surface area contributed by atoms with Crippen molar-refractivity contribution in [1.82, 2.24) is 4.57 Å². The maximum atomic E-state index is 6.66. The van der Waals surface area contributed by atoms with Gasteiger partial charge < -0.3 is 13.9 Å². The Morgan fingerprint density at radius 3 is 1.90 bits per heavy atom. The minimum Gasteiger partial charge on any atom is -0.456 e. The summed E-state index contributed by atoms with van der Waals surface area (Å²) in [6.07, 6.45) is 0. The fourth-order valence-corrected chi connectivity index (χ4v) is 13.4. The predicted octanol–water partition coefficient (Wildman–Crippen LogP) is 19.8. The zero-order chi connectivity index (χ0) is 48.4. The Balaban J connectivity index is 1.02. The predicted molar refractivity (Wildman–Crippen MR) is 310 cm³/mol. The molecule has 11 aromatic carbocycles. The number of benzene rings is 11. The van der Waals surface area contributed by atoms with Gasteiger partial charge in [-0.15, -0.1) is 11.3 Å². The van der Waals surface area contributed by atoms with Crippen LogP contribution in [0, 0.1) is 0 Å². The number of nitrogens with zero attached hydrogens (tertiary/aromatic N) is 2. The van der Waals surface area contributed by atoms with Crippen molar-refractivity contribution in [3.8, 4) is 50.2 Å². The van der Waals surface area contributed by atoms with E-state index < -0.39 is 0 Å². The zero-order valence-corrected chi connectivity index (χ0v) is 41.1. The van der Waals surface area contributed by atoms with Crippen molar-refractivity contribution in [2.45, 2.75) is 19.3 Å². The number of fused-ring (bicyclic) bond motifs is 12. The van der Waals surface area contributed by atoms with Crippen LogP contribution in [0.2, 0.25) is 0 Å². The number of thiophene rings is 1. The van der Waals surface area contributed by atoms with Crippen LogP contribution < -0.4 is 4.90 Å². The van der Waals surface area contributed by atoms with E-state index in [1.165, 1.54) is 81.0 Å². The summed E-state index contributed by atoms with van der Waals surface area (Å²) in [6, 6.07) is 89.3. The smallest absolute Gasteiger partial charge is 0.137 e. The summed E-state index contributed by atoms with van der Waals surface area (Å²) in [5, 5.41) is 7.18. The van der Waals surface area contributed by atoms with Gasteiger partial charge in [-0.1, -0.05) is 178 Å². The highest BCUT2D eigenvalue weighted by Gasteiger charge is 2.36. The topological polar surface area (TPSA) is 21.3 Å². The molecule has 0 fully saturated rings. The third-order valence-electron chi connectivity index (χ3n) is 15.6. The first kappa shape index (κ1) is 41.8. The van der Waals surface area contributed by atoms with Crippen LogP contribution in [0.1, 0.15) is 25.0 Å². The van der Waals surface area contributed by atoms with Gasteiger partial charge in [-0.3, -0.25) is 0 Å². The van der Waals surface area contributed by atoms with Crippen molar-refractivity contribution in [2.24, 2.45) is 0 Å². The first-order valence-electron chi connectivity index (χ1n) is 25.2.